The third-order valence-electron chi connectivity index (χ3n) is 4.91. The van der Waals surface area contributed by atoms with Gasteiger partial charge in [0.2, 0.25) is 5.43 Å². The number of carboxylic acids is 1. The monoisotopic (exact) mass is 415 g/mol. The van der Waals surface area contributed by atoms with E-state index in [1.54, 1.807) is 32.1 Å². The summed E-state index contributed by atoms with van der Waals surface area (Å²) >= 11 is 1.38. The lowest BCUT2D eigenvalue weighted by Crippen LogP contribution is -2.48. The fourth-order valence-corrected chi connectivity index (χ4v) is 4.17. The summed E-state index contributed by atoms with van der Waals surface area (Å²) in [7, 11) is 0. The van der Waals surface area contributed by atoms with Crippen LogP contribution >= 0.6 is 11.8 Å². The minimum absolute atomic E-state index is 0.0576. The molecule has 3 aromatic heterocycles. The SMILES string of the molecule is O=C(O)c1cn(C2NC=CS2)c2nc(N3CC(n4cncn4)C3)c(F)cc2c1=O. The first-order valence-corrected chi connectivity index (χ1v) is 9.61. The Morgan fingerprint density at radius 2 is 2.21 bits per heavy atom. The van der Waals surface area contributed by atoms with E-state index < -0.39 is 22.8 Å². The van der Waals surface area contributed by atoms with Crippen molar-refractivity contribution in [1.82, 2.24) is 29.6 Å². The number of aromatic nitrogens is 5. The number of anilines is 1. The van der Waals surface area contributed by atoms with Gasteiger partial charge in [-0.1, -0.05) is 11.8 Å². The Balaban J connectivity index is 1.60. The quantitative estimate of drug-likeness (QED) is 0.647. The van der Waals surface area contributed by atoms with Crippen molar-refractivity contribution in [1.29, 1.82) is 0 Å². The van der Waals surface area contributed by atoms with Crippen LogP contribution in [0.3, 0.4) is 0 Å². The van der Waals surface area contributed by atoms with E-state index in [4.69, 9.17) is 0 Å². The van der Waals surface area contributed by atoms with Crippen molar-refractivity contribution >= 4 is 34.6 Å². The van der Waals surface area contributed by atoms with Crippen LogP contribution in [0.4, 0.5) is 10.2 Å². The van der Waals surface area contributed by atoms with Crippen LogP contribution in [0.25, 0.3) is 11.0 Å². The highest BCUT2D eigenvalue weighted by Crippen LogP contribution is 2.32. The lowest BCUT2D eigenvalue weighted by atomic mass is 10.1. The van der Waals surface area contributed by atoms with Crippen molar-refractivity contribution in [2.45, 2.75) is 11.5 Å². The molecule has 2 N–H and O–H groups in total. The van der Waals surface area contributed by atoms with E-state index in [0.29, 0.717) is 13.1 Å². The highest BCUT2D eigenvalue weighted by molar-refractivity contribution is 8.02. The summed E-state index contributed by atoms with van der Waals surface area (Å²) in [5, 5.41) is 18.2. The molecule has 1 unspecified atom stereocenters. The summed E-state index contributed by atoms with van der Waals surface area (Å²) in [6.07, 6.45) is 6.00. The molecule has 148 valence electrons. The van der Waals surface area contributed by atoms with Crippen LogP contribution in [-0.4, -0.2) is 48.5 Å². The average Bonchev–Trinajstić information content (AvgIpc) is 3.35. The van der Waals surface area contributed by atoms with Crippen LogP contribution in [-0.2, 0) is 0 Å². The molecule has 29 heavy (non-hydrogen) atoms. The molecule has 5 rings (SSSR count). The lowest BCUT2D eigenvalue weighted by Gasteiger charge is -2.39. The normalized spacial score (nSPS) is 18.8. The summed E-state index contributed by atoms with van der Waals surface area (Å²) < 4.78 is 18.1. The van der Waals surface area contributed by atoms with Gasteiger partial charge in [0, 0.05) is 25.5 Å². The second kappa shape index (κ2) is 6.58. The number of pyridine rings is 2. The van der Waals surface area contributed by atoms with Gasteiger partial charge in [-0.2, -0.15) is 5.10 Å². The number of hydrogen-bond donors (Lipinski definition) is 2. The molecule has 0 saturated carbocycles. The Labute approximate surface area is 166 Å². The van der Waals surface area contributed by atoms with E-state index in [9.17, 15) is 19.1 Å². The van der Waals surface area contributed by atoms with Gasteiger partial charge >= 0.3 is 5.97 Å². The summed E-state index contributed by atoms with van der Waals surface area (Å²) in [5.41, 5.74) is -1.37. The smallest absolute Gasteiger partial charge is 0.341 e. The van der Waals surface area contributed by atoms with Crippen LogP contribution < -0.4 is 15.6 Å². The summed E-state index contributed by atoms with van der Waals surface area (Å²) in [6.45, 7) is 0.989. The molecule has 0 aromatic carbocycles. The van der Waals surface area contributed by atoms with Crippen LogP contribution in [0.5, 0.6) is 0 Å². The first-order valence-electron chi connectivity index (χ1n) is 8.67. The molecular formula is C17H14FN7O3S. The molecule has 0 amide bonds. The predicted octanol–water partition coefficient (Wildman–Crippen LogP) is 1.15. The Morgan fingerprint density at radius 3 is 2.86 bits per heavy atom. The standard InChI is InChI=1S/C17H14FN7O3S/c18-12-3-10-13(26)11(16(27)28)6-24(17-20-1-2-29-17)14(10)22-15(12)23-4-9(5-23)25-8-19-7-21-25/h1-3,6-9,17,20H,4-5H2,(H,27,28). The molecule has 1 atom stereocenters. The summed E-state index contributed by atoms with van der Waals surface area (Å²) in [4.78, 5) is 34.2. The molecule has 3 aromatic rings. The fraction of sp³-hybridized carbons (Fsp3) is 0.235. The molecule has 12 heteroatoms. The second-order valence-electron chi connectivity index (χ2n) is 6.64. The van der Waals surface area contributed by atoms with Gasteiger partial charge in [0.25, 0.3) is 0 Å². The molecular weight excluding hydrogens is 401 g/mol. The second-order valence-corrected chi connectivity index (χ2v) is 7.63. The minimum atomic E-state index is -1.37. The van der Waals surface area contributed by atoms with Gasteiger partial charge in [-0.05, 0) is 11.5 Å². The van der Waals surface area contributed by atoms with Crippen LogP contribution in [0.1, 0.15) is 21.9 Å². The van der Waals surface area contributed by atoms with Gasteiger partial charge in [-0.3, -0.25) is 4.79 Å². The van der Waals surface area contributed by atoms with Crippen LogP contribution in [0.15, 0.2) is 41.3 Å². The number of thioether (sulfide) groups is 1. The highest BCUT2D eigenvalue weighted by atomic mass is 32.2. The van der Waals surface area contributed by atoms with E-state index in [2.05, 4.69) is 20.4 Å². The van der Waals surface area contributed by atoms with Gasteiger partial charge < -0.3 is 19.9 Å². The number of nitrogens with zero attached hydrogens (tertiary/aromatic N) is 6. The Hall–Kier alpha value is -3.41. The third kappa shape index (κ3) is 2.83. The van der Waals surface area contributed by atoms with Crippen molar-refractivity contribution < 1.29 is 14.3 Å². The molecule has 0 radical (unpaired) electrons. The number of fused-ring (bicyclic) bond motifs is 1. The molecule has 5 heterocycles. The molecule has 2 aliphatic heterocycles. The van der Waals surface area contributed by atoms with Gasteiger partial charge in [-0.15, -0.1) is 0 Å². The minimum Gasteiger partial charge on any atom is -0.477 e. The van der Waals surface area contributed by atoms with Crippen molar-refractivity contribution in [3.8, 4) is 0 Å². The van der Waals surface area contributed by atoms with Crippen molar-refractivity contribution in [3.05, 3.63) is 58.1 Å². The number of rotatable bonds is 4. The molecule has 0 bridgehead atoms. The Morgan fingerprint density at radius 1 is 1.38 bits per heavy atom. The zero-order valence-corrected chi connectivity index (χ0v) is 15.6. The van der Waals surface area contributed by atoms with Gasteiger partial charge in [0.15, 0.2) is 17.1 Å². The van der Waals surface area contributed by atoms with E-state index in [0.717, 1.165) is 6.07 Å². The van der Waals surface area contributed by atoms with Gasteiger partial charge in [-0.25, -0.2) is 23.8 Å². The topological polar surface area (TPSA) is 118 Å². The van der Waals surface area contributed by atoms with E-state index >= 15 is 0 Å². The molecule has 1 saturated heterocycles. The first kappa shape index (κ1) is 17.7. The molecule has 0 aliphatic carbocycles. The van der Waals surface area contributed by atoms with E-state index in [1.807, 2.05) is 0 Å². The van der Waals surface area contributed by atoms with Crippen LogP contribution in [0, 0.1) is 5.82 Å². The maximum atomic E-state index is 14.8. The zero-order valence-electron chi connectivity index (χ0n) is 14.8. The number of carbonyl (C=O) groups is 1. The van der Waals surface area contributed by atoms with Crippen molar-refractivity contribution in [2.75, 3.05) is 18.0 Å². The Bertz CT molecular complexity index is 1200. The first-order chi connectivity index (χ1) is 14.0. The lowest BCUT2D eigenvalue weighted by molar-refractivity contribution is 0.0694. The number of aromatic carboxylic acids is 1. The third-order valence-corrected chi connectivity index (χ3v) is 5.82. The molecule has 1 fully saturated rings. The summed E-state index contributed by atoms with van der Waals surface area (Å²) in [6, 6.07) is 1.13. The zero-order chi connectivity index (χ0) is 20.1. The Kier molecular flexibility index (Phi) is 4.01. The maximum absolute atomic E-state index is 14.8. The number of halogens is 1. The molecule has 10 nitrogen and oxygen atoms in total. The number of hydrogen-bond acceptors (Lipinski definition) is 8. The van der Waals surface area contributed by atoms with Crippen LogP contribution in [0.2, 0.25) is 0 Å². The van der Waals surface area contributed by atoms with Crippen molar-refractivity contribution in [3.63, 3.8) is 0 Å². The molecule has 0 spiro atoms. The number of nitrogens with one attached hydrogen (secondary N) is 1. The predicted molar refractivity (Wildman–Crippen MR) is 103 cm³/mol. The van der Waals surface area contributed by atoms with E-state index in [1.165, 1.54) is 24.3 Å². The van der Waals surface area contributed by atoms with E-state index in [-0.39, 0.29) is 28.4 Å². The largest absolute Gasteiger partial charge is 0.477 e. The van der Waals surface area contributed by atoms with Gasteiger partial charge in [0.1, 0.15) is 23.9 Å². The number of carboxylic acid groups (broad SMARTS) is 1. The highest BCUT2D eigenvalue weighted by Gasteiger charge is 2.32. The van der Waals surface area contributed by atoms with Gasteiger partial charge in [0.05, 0.1) is 11.4 Å². The molecule has 2 aliphatic rings. The average molecular weight is 415 g/mol. The maximum Gasteiger partial charge on any atom is 0.341 e. The fourth-order valence-electron chi connectivity index (χ4n) is 3.41. The van der Waals surface area contributed by atoms with Crippen molar-refractivity contribution in [2.24, 2.45) is 0 Å². The summed E-state index contributed by atoms with van der Waals surface area (Å²) in [5.74, 6) is -1.93.